The molecule has 0 atom stereocenters. The SMILES string of the molecule is CC(=NNc1cccc(CC(C)(F)F)c1)C(=O)O. The molecule has 98 valence electrons. The van der Waals surface area contributed by atoms with Crippen LogP contribution in [0.3, 0.4) is 0 Å². The third-order valence-electron chi connectivity index (χ3n) is 2.10. The average molecular weight is 256 g/mol. The van der Waals surface area contributed by atoms with E-state index in [2.05, 4.69) is 10.5 Å². The maximum Gasteiger partial charge on any atom is 0.351 e. The van der Waals surface area contributed by atoms with Crippen molar-refractivity contribution in [3.63, 3.8) is 0 Å². The molecule has 0 aromatic heterocycles. The smallest absolute Gasteiger partial charge is 0.351 e. The third kappa shape index (κ3) is 4.90. The standard InChI is InChI=1S/C12H14F2N2O2/c1-8(11(17)18)15-16-10-5-3-4-9(6-10)7-12(2,13)14/h3-6,16H,7H2,1-2H3,(H,17,18). The zero-order valence-corrected chi connectivity index (χ0v) is 10.1. The van der Waals surface area contributed by atoms with Gasteiger partial charge in [0.05, 0.1) is 5.69 Å². The van der Waals surface area contributed by atoms with Gasteiger partial charge in [-0.25, -0.2) is 13.6 Å². The number of rotatable bonds is 5. The second-order valence-electron chi connectivity index (χ2n) is 4.06. The minimum atomic E-state index is -2.78. The molecule has 0 heterocycles. The zero-order valence-electron chi connectivity index (χ0n) is 10.1. The molecule has 4 nitrogen and oxygen atoms in total. The number of nitrogens with one attached hydrogen (secondary N) is 1. The Morgan fingerprint density at radius 3 is 2.72 bits per heavy atom. The molecule has 0 unspecified atom stereocenters. The van der Waals surface area contributed by atoms with Crippen LogP contribution in [-0.4, -0.2) is 22.7 Å². The third-order valence-corrected chi connectivity index (χ3v) is 2.10. The second kappa shape index (κ2) is 5.57. The predicted octanol–water partition coefficient (Wildman–Crippen LogP) is 2.76. The molecule has 1 aromatic rings. The summed E-state index contributed by atoms with van der Waals surface area (Å²) < 4.78 is 25.7. The lowest BCUT2D eigenvalue weighted by atomic mass is 10.1. The molecule has 0 fully saturated rings. The van der Waals surface area contributed by atoms with Gasteiger partial charge in [0, 0.05) is 6.42 Å². The minimum Gasteiger partial charge on any atom is -0.477 e. The monoisotopic (exact) mass is 256 g/mol. The van der Waals surface area contributed by atoms with Crippen LogP contribution in [0, 0.1) is 0 Å². The average Bonchev–Trinajstić information content (AvgIpc) is 2.23. The van der Waals surface area contributed by atoms with Crippen molar-refractivity contribution in [3.05, 3.63) is 29.8 Å². The lowest BCUT2D eigenvalue weighted by molar-refractivity contribution is -0.129. The van der Waals surface area contributed by atoms with E-state index in [1.54, 1.807) is 18.2 Å². The van der Waals surface area contributed by atoms with Crippen molar-refractivity contribution in [2.75, 3.05) is 5.43 Å². The highest BCUT2D eigenvalue weighted by molar-refractivity contribution is 6.34. The van der Waals surface area contributed by atoms with E-state index in [-0.39, 0.29) is 12.1 Å². The zero-order chi connectivity index (χ0) is 13.8. The van der Waals surface area contributed by atoms with Crippen molar-refractivity contribution >= 4 is 17.4 Å². The Bertz CT molecular complexity index is 467. The van der Waals surface area contributed by atoms with Crippen LogP contribution in [0.4, 0.5) is 14.5 Å². The van der Waals surface area contributed by atoms with Gasteiger partial charge < -0.3 is 5.11 Å². The van der Waals surface area contributed by atoms with E-state index < -0.39 is 11.9 Å². The van der Waals surface area contributed by atoms with Gasteiger partial charge in [-0.05, 0) is 31.5 Å². The van der Waals surface area contributed by atoms with Crippen LogP contribution < -0.4 is 5.43 Å². The van der Waals surface area contributed by atoms with Crippen LogP contribution in [0.1, 0.15) is 19.4 Å². The molecular weight excluding hydrogens is 242 g/mol. The molecule has 0 aliphatic heterocycles. The lowest BCUT2D eigenvalue weighted by Crippen LogP contribution is -2.13. The first-order valence-corrected chi connectivity index (χ1v) is 5.28. The summed E-state index contributed by atoms with van der Waals surface area (Å²) in [6.45, 7) is 2.18. The van der Waals surface area contributed by atoms with E-state index in [0.717, 1.165) is 6.92 Å². The number of carbonyl (C=O) groups is 1. The summed E-state index contributed by atoms with van der Waals surface area (Å²) in [4.78, 5) is 10.5. The topological polar surface area (TPSA) is 61.7 Å². The minimum absolute atomic E-state index is 0.110. The number of hydrazone groups is 1. The number of carboxylic acid groups (broad SMARTS) is 1. The molecule has 0 spiro atoms. The summed E-state index contributed by atoms with van der Waals surface area (Å²) in [5.41, 5.74) is 3.33. The summed E-state index contributed by atoms with van der Waals surface area (Å²) in [5, 5.41) is 12.2. The number of aliphatic carboxylic acids is 1. The van der Waals surface area contributed by atoms with Crippen LogP contribution in [0.15, 0.2) is 29.4 Å². The molecular formula is C12H14F2N2O2. The molecule has 0 bridgehead atoms. The predicted molar refractivity (Wildman–Crippen MR) is 65.1 cm³/mol. The quantitative estimate of drug-likeness (QED) is 0.629. The largest absolute Gasteiger partial charge is 0.477 e. The first-order valence-electron chi connectivity index (χ1n) is 5.28. The number of halogens is 2. The Hall–Kier alpha value is -1.98. The van der Waals surface area contributed by atoms with Crippen molar-refractivity contribution < 1.29 is 18.7 Å². The number of benzene rings is 1. The van der Waals surface area contributed by atoms with Gasteiger partial charge in [0.2, 0.25) is 5.92 Å². The van der Waals surface area contributed by atoms with Crippen molar-refractivity contribution in [3.8, 4) is 0 Å². The molecule has 0 aliphatic carbocycles. The highest BCUT2D eigenvalue weighted by Crippen LogP contribution is 2.21. The Morgan fingerprint density at radius 2 is 2.17 bits per heavy atom. The van der Waals surface area contributed by atoms with Gasteiger partial charge in [-0.3, -0.25) is 5.43 Å². The number of carboxylic acids is 1. The van der Waals surface area contributed by atoms with E-state index in [0.29, 0.717) is 11.3 Å². The first-order chi connectivity index (χ1) is 8.28. The van der Waals surface area contributed by atoms with Crippen LogP contribution >= 0.6 is 0 Å². The summed E-state index contributed by atoms with van der Waals surface area (Å²) in [6.07, 6.45) is -0.371. The van der Waals surface area contributed by atoms with Gasteiger partial charge in [0.25, 0.3) is 0 Å². The van der Waals surface area contributed by atoms with Crippen molar-refractivity contribution in [2.24, 2.45) is 5.10 Å². The number of hydrogen-bond acceptors (Lipinski definition) is 3. The fourth-order valence-corrected chi connectivity index (χ4v) is 1.31. The fraction of sp³-hybridized carbons (Fsp3) is 0.333. The van der Waals surface area contributed by atoms with Gasteiger partial charge in [-0.2, -0.15) is 5.10 Å². The number of hydrogen-bond donors (Lipinski definition) is 2. The van der Waals surface area contributed by atoms with Crippen molar-refractivity contribution in [1.29, 1.82) is 0 Å². The number of anilines is 1. The van der Waals surface area contributed by atoms with E-state index >= 15 is 0 Å². The van der Waals surface area contributed by atoms with Gasteiger partial charge in [0.1, 0.15) is 5.71 Å². The molecule has 0 saturated carbocycles. The van der Waals surface area contributed by atoms with Gasteiger partial charge in [0.15, 0.2) is 0 Å². The molecule has 1 rings (SSSR count). The van der Waals surface area contributed by atoms with Crippen molar-refractivity contribution in [1.82, 2.24) is 0 Å². The number of nitrogens with zero attached hydrogens (tertiary/aromatic N) is 1. The summed E-state index contributed by atoms with van der Waals surface area (Å²) in [6, 6.07) is 6.32. The highest BCUT2D eigenvalue weighted by Gasteiger charge is 2.21. The maximum atomic E-state index is 12.8. The summed E-state index contributed by atoms with van der Waals surface area (Å²) >= 11 is 0. The van der Waals surface area contributed by atoms with Crippen molar-refractivity contribution in [2.45, 2.75) is 26.2 Å². The summed E-state index contributed by atoms with van der Waals surface area (Å²) in [5.74, 6) is -3.92. The molecule has 0 amide bonds. The molecule has 2 N–H and O–H groups in total. The van der Waals surface area contributed by atoms with Crippen LogP contribution in [0.25, 0.3) is 0 Å². The Labute approximate surface area is 103 Å². The Balaban J connectivity index is 2.77. The van der Waals surface area contributed by atoms with Crippen LogP contribution in [0.2, 0.25) is 0 Å². The fourth-order valence-electron chi connectivity index (χ4n) is 1.31. The van der Waals surface area contributed by atoms with Crippen LogP contribution in [-0.2, 0) is 11.2 Å². The Kier molecular flexibility index (Phi) is 4.36. The maximum absolute atomic E-state index is 12.8. The normalized spacial score (nSPS) is 12.3. The number of alkyl halides is 2. The van der Waals surface area contributed by atoms with E-state index in [1.165, 1.54) is 13.0 Å². The van der Waals surface area contributed by atoms with E-state index in [9.17, 15) is 13.6 Å². The molecule has 0 radical (unpaired) electrons. The molecule has 18 heavy (non-hydrogen) atoms. The first kappa shape index (κ1) is 14.1. The van der Waals surface area contributed by atoms with E-state index in [4.69, 9.17) is 5.11 Å². The van der Waals surface area contributed by atoms with Gasteiger partial charge >= 0.3 is 5.97 Å². The molecule has 0 aliphatic rings. The summed E-state index contributed by atoms with van der Waals surface area (Å²) in [7, 11) is 0. The molecule has 0 saturated heterocycles. The van der Waals surface area contributed by atoms with Gasteiger partial charge in [-0.15, -0.1) is 0 Å². The Morgan fingerprint density at radius 1 is 1.50 bits per heavy atom. The van der Waals surface area contributed by atoms with E-state index in [1.807, 2.05) is 0 Å². The van der Waals surface area contributed by atoms with Gasteiger partial charge in [-0.1, -0.05) is 12.1 Å². The highest BCUT2D eigenvalue weighted by atomic mass is 19.3. The van der Waals surface area contributed by atoms with Crippen LogP contribution in [0.5, 0.6) is 0 Å². The molecule has 1 aromatic carbocycles. The lowest BCUT2D eigenvalue weighted by Gasteiger charge is -2.10. The molecule has 6 heteroatoms. The second-order valence-corrected chi connectivity index (χ2v) is 4.06.